The maximum atomic E-state index is 12.1. The quantitative estimate of drug-likeness (QED) is 0.346. The van der Waals surface area contributed by atoms with Crippen LogP contribution in [0.3, 0.4) is 0 Å². The molecule has 0 aliphatic heterocycles. The maximum absolute atomic E-state index is 12.1. The van der Waals surface area contributed by atoms with Gasteiger partial charge in [0.25, 0.3) is 5.91 Å². The Morgan fingerprint density at radius 1 is 1.19 bits per heavy atom. The summed E-state index contributed by atoms with van der Waals surface area (Å²) in [4.78, 5) is 33.0. The van der Waals surface area contributed by atoms with E-state index >= 15 is 0 Å². The van der Waals surface area contributed by atoms with Crippen molar-refractivity contribution in [2.75, 3.05) is 0 Å². The summed E-state index contributed by atoms with van der Waals surface area (Å²) in [5.41, 5.74) is 6.84. The Kier molecular flexibility index (Phi) is 6.00. The van der Waals surface area contributed by atoms with Gasteiger partial charge in [0.05, 0.1) is 11.3 Å². The second kappa shape index (κ2) is 8.43. The van der Waals surface area contributed by atoms with Crippen molar-refractivity contribution in [3.05, 3.63) is 74.0 Å². The molecule has 1 heterocycles. The Morgan fingerprint density at radius 3 is 2.59 bits per heavy atom. The second-order valence-electron chi connectivity index (χ2n) is 5.24. The minimum atomic E-state index is -0.856. The van der Waals surface area contributed by atoms with Crippen molar-refractivity contribution in [1.29, 1.82) is 0 Å². The summed E-state index contributed by atoms with van der Waals surface area (Å²) in [6.45, 7) is 0. The SMILES string of the molecule is NC(=O)C(=NOC(=O)c1cccc(Cl)c1)c1nc(-c2ccc(Br)cc2)cs1. The number of carbonyl (C=O) groups excluding carboxylic acids is 2. The van der Waals surface area contributed by atoms with Crippen molar-refractivity contribution in [1.82, 2.24) is 4.98 Å². The van der Waals surface area contributed by atoms with E-state index in [-0.39, 0.29) is 16.3 Å². The highest BCUT2D eigenvalue weighted by molar-refractivity contribution is 9.10. The van der Waals surface area contributed by atoms with Gasteiger partial charge in [-0.3, -0.25) is 4.79 Å². The van der Waals surface area contributed by atoms with Gasteiger partial charge in [-0.25, -0.2) is 9.78 Å². The smallest absolute Gasteiger partial charge is 0.364 e. The zero-order valence-corrected chi connectivity index (χ0v) is 16.7. The standard InChI is InChI=1S/C18H11BrClN3O3S/c19-12-6-4-10(5-7-12)14-9-27-17(22-14)15(16(21)24)23-26-18(25)11-2-1-3-13(20)8-11/h1-9H,(H2,21,24). The van der Waals surface area contributed by atoms with Gasteiger partial charge < -0.3 is 10.6 Å². The van der Waals surface area contributed by atoms with Crippen molar-refractivity contribution in [3.8, 4) is 11.3 Å². The summed E-state index contributed by atoms with van der Waals surface area (Å²) in [5.74, 6) is -1.62. The number of halogens is 2. The summed E-state index contributed by atoms with van der Waals surface area (Å²) >= 11 is 10.4. The van der Waals surface area contributed by atoms with Crippen LogP contribution < -0.4 is 5.73 Å². The van der Waals surface area contributed by atoms with Crippen LogP contribution in [0.1, 0.15) is 15.4 Å². The molecule has 3 aromatic rings. The molecule has 6 nitrogen and oxygen atoms in total. The van der Waals surface area contributed by atoms with Crippen LogP contribution in [0.25, 0.3) is 11.3 Å². The van der Waals surface area contributed by atoms with E-state index in [9.17, 15) is 9.59 Å². The fourth-order valence-electron chi connectivity index (χ4n) is 2.08. The van der Waals surface area contributed by atoms with Gasteiger partial charge in [-0.2, -0.15) is 0 Å². The number of aromatic nitrogens is 1. The third kappa shape index (κ3) is 4.79. The van der Waals surface area contributed by atoms with Crippen LogP contribution in [0.5, 0.6) is 0 Å². The summed E-state index contributed by atoms with van der Waals surface area (Å²) < 4.78 is 0.939. The second-order valence-corrected chi connectivity index (χ2v) is 7.45. The number of amides is 1. The summed E-state index contributed by atoms with van der Waals surface area (Å²) in [5, 5.41) is 6.00. The Bertz CT molecular complexity index is 1030. The lowest BCUT2D eigenvalue weighted by molar-refractivity contribution is -0.112. The van der Waals surface area contributed by atoms with Gasteiger partial charge in [0, 0.05) is 20.4 Å². The first-order valence-electron chi connectivity index (χ1n) is 7.50. The zero-order valence-electron chi connectivity index (χ0n) is 13.6. The molecule has 0 radical (unpaired) electrons. The predicted octanol–water partition coefficient (Wildman–Crippen LogP) is 4.27. The Balaban J connectivity index is 1.83. The van der Waals surface area contributed by atoms with Gasteiger partial charge in [0.1, 0.15) is 0 Å². The third-order valence-electron chi connectivity index (χ3n) is 3.36. The summed E-state index contributed by atoms with van der Waals surface area (Å²) in [7, 11) is 0. The Morgan fingerprint density at radius 2 is 1.93 bits per heavy atom. The molecule has 0 fully saturated rings. The lowest BCUT2D eigenvalue weighted by Gasteiger charge is -2.01. The molecule has 9 heteroatoms. The molecule has 0 aliphatic carbocycles. The number of benzene rings is 2. The fourth-order valence-corrected chi connectivity index (χ4v) is 3.35. The van der Waals surface area contributed by atoms with Gasteiger partial charge in [-0.15, -0.1) is 11.3 Å². The molecular formula is C18H11BrClN3O3S. The van der Waals surface area contributed by atoms with Crippen LogP contribution in [-0.4, -0.2) is 22.6 Å². The average molecular weight is 465 g/mol. The van der Waals surface area contributed by atoms with Gasteiger partial charge >= 0.3 is 5.97 Å². The molecule has 0 bridgehead atoms. The monoisotopic (exact) mass is 463 g/mol. The molecule has 1 amide bonds. The normalized spacial score (nSPS) is 11.3. The lowest BCUT2D eigenvalue weighted by Crippen LogP contribution is -2.25. The first-order valence-corrected chi connectivity index (χ1v) is 9.55. The number of nitrogens with zero attached hydrogens (tertiary/aromatic N) is 2. The van der Waals surface area contributed by atoms with E-state index in [4.69, 9.17) is 22.2 Å². The van der Waals surface area contributed by atoms with E-state index in [1.54, 1.807) is 17.5 Å². The molecule has 3 rings (SSSR count). The number of hydrogen-bond donors (Lipinski definition) is 1. The molecule has 2 N–H and O–H groups in total. The zero-order chi connectivity index (χ0) is 19.4. The van der Waals surface area contributed by atoms with E-state index in [1.807, 2.05) is 24.3 Å². The average Bonchev–Trinajstić information content (AvgIpc) is 3.11. The number of oxime groups is 1. The third-order valence-corrected chi connectivity index (χ3v) is 4.97. The summed E-state index contributed by atoms with van der Waals surface area (Å²) in [6, 6.07) is 13.7. The minimum absolute atomic E-state index is 0.199. The van der Waals surface area contributed by atoms with E-state index in [0.29, 0.717) is 10.7 Å². The largest absolute Gasteiger partial charge is 0.365 e. The van der Waals surface area contributed by atoms with Crippen LogP contribution in [0, 0.1) is 0 Å². The van der Waals surface area contributed by atoms with Crippen molar-refractivity contribution < 1.29 is 14.4 Å². The molecule has 2 aromatic carbocycles. The number of primary amides is 1. The molecule has 0 saturated carbocycles. The number of hydrogen-bond acceptors (Lipinski definition) is 6. The highest BCUT2D eigenvalue weighted by Gasteiger charge is 2.18. The molecule has 27 heavy (non-hydrogen) atoms. The van der Waals surface area contributed by atoms with E-state index in [0.717, 1.165) is 10.0 Å². The highest BCUT2D eigenvalue weighted by Crippen LogP contribution is 2.24. The number of carbonyl (C=O) groups is 2. The van der Waals surface area contributed by atoms with Crippen molar-refractivity contribution in [2.24, 2.45) is 10.9 Å². The van der Waals surface area contributed by atoms with Gasteiger partial charge in [-0.1, -0.05) is 50.9 Å². The first-order chi connectivity index (χ1) is 12.9. The molecule has 1 aromatic heterocycles. The predicted molar refractivity (Wildman–Crippen MR) is 108 cm³/mol. The van der Waals surface area contributed by atoms with Gasteiger partial charge in [-0.05, 0) is 30.3 Å². The van der Waals surface area contributed by atoms with Crippen molar-refractivity contribution in [3.63, 3.8) is 0 Å². The Labute approximate surface area is 171 Å². The van der Waals surface area contributed by atoms with Crippen molar-refractivity contribution >= 4 is 56.5 Å². The van der Waals surface area contributed by atoms with E-state index in [1.165, 1.54) is 23.5 Å². The van der Waals surface area contributed by atoms with Crippen LogP contribution in [0.15, 0.2) is 63.5 Å². The Hall–Kier alpha value is -2.55. The molecule has 0 spiro atoms. The number of nitrogens with two attached hydrogens (primary N) is 1. The number of rotatable bonds is 5. The highest BCUT2D eigenvalue weighted by atomic mass is 79.9. The molecule has 0 unspecified atom stereocenters. The first kappa shape index (κ1) is 19.2. The fraction of sp³-hybridized carbons (Fsp3) is 0. The molecule has 0 atom stereocenters. The van der Waals surface area contributed by atoms with Crippen LogP contribution in [0.4, 0.5) is 0 Å². The maximum Gasteiger partial charge on any atom is 0.365 e. The van der Waals surface area contributed by atoms with E-state index in [2.05, 4.69) is 26.1 Å². The van der Waals surface area contributed by atoms with Gasteiger partial charge in [0.15, 0.2) is 5.01 Å². The van der Waals surface area contributed by atoms with Crippen LogP contribution in [0.2, 0.25) is 5.02 Å². The topological polar surface area (TPSA) is 94.6 Å². The molecule has 0 saturated heterocycles. The van der Waals surface area contributed by atoms with Crippen LogP contribution in [-0.2, 0) is 9.63 Å². The summed E-state index contributed by atoms with van der Waals surface area (Å²) in [6.07, 6.45) is 0. The van der Waals surface area contributed by atoms with E-state index < -0.39 is 11.9 Å². The van der Waals surface area contributed by atoms with Crippen LogP contribution >= 0.6 is 38.9 Å². The lowest BCUT2D eigenvalue weighted by atomic mass is 10.2. The molecule has 136 valence electrons. The van der Waals surface area contributed by atoms with Crippen molar-refractivity contribution in [2.45, 2.75) is 0 Å². The molecular weight excluding hydrogens is 454 g/mol. The number of thiazole rings is 1. The molecule has 0 aliphatic rings. The minimum Gasteiger partial charge on any atom is -0.364 e. The van der Waals surface area contributed by atoms with Gasteiger partial charge in [0.2, 0.25) is 5.71 Å².